The van der Waals surface area contributed by atoms with E-state index < -0.39 is 47.1 Å². The second-order valence-electron chi connectivity index (χ2n) is 8.34. The number of hydrogen-bond donors (Lipinski definition) is 3. The molecular formula is C23H21N3O5. The fourth-order valence-electron chi connectivity index (χ4n) is 5.23. The maximum Gasteiger partial charge on any atom is 0.303 e. The number of benzene rings is 2. The Balaban J connectivity index is 1.64. The van der Waals surface area contributed by atoms with E-state index in [2.05, 4.69) is 10.6 Å². The van der Waals surface area contributed by atoms with Crippen LogP contribution in [0.4, 0.5) is 11.4 Å². The standard InChI is InChI=1S/C23H21N3O5/c1-12-6-8-13(9-7-12)26-20(29)18-16(10-11-17(27)28)25-23(19(18)21(26)30)14-4-2-3-5-15(14)24-22(23)31/h2-9,16,18-19,25H,10-11H2,1H3,(H,24,31)(H,27,28)/t16-,18+,19-,23-/m0/s1. The van der Waals surface area contributed by atoms with Crippen molar-refractivity contribution in [2.24, 2.45) is 11.8 Å². The van der Waals surface area contributed by atoms with E-state index in [9.17, 15) is 24.3 Å². The van der Waals surface area contributed by atoms with Gasteiger partial charge < -0.3 is 10.4 Å². The molecule has 4 atom stereocenters. The summed E-state index contributed by atoms with van der Waals surface area (Å²) in [7, 11) is 0. The van der Waals surface area contributed by atoms with Gasteiger partial charge in [-0.05, 0) is 31.5 Å². The van der Waals surface area contributed by atoms with Crippen molar-refractivity contribution < 1.29 is 24.3 Å². The fourth-order valence-corrected chi connectivity index (χ4v) is 5.23. The van der Waals surface area contributed by atoms with Crippen molar-refractivity contribution in [2.45, 2.75) is 31.3 Å². The molecule has 8 nitrogen and oxygen atoms in total. The van der Waals surface area contributed by atoms with Crippen LogP contribution in [0.2, 0.25) is 0 Å². The number of hydrogen-bond acceptors (Lipinski definition) is 5. The minimum atomic E-state index is -1.41. The Morgan fingerprint density at radius 3 is 2.48 bits per heavy atom. The van der Waals surface area contributed by atoms with Crippen molar-refractivity contribution >= 4 is 35.1 Å². The van der Waals surface area contributed by atoms with E-state index in [0.717, 1.165) is 10.5 Å². The fraction of sp³-hybridized carbons (Fsp3) is 0.304. The van der Waals surface area contributed by atoms with E-state index in [0.29, 0.717) is 16.9 Å². The number of anilines is 2. The van der Waals surface area contributed by atoms with Crippen LogP contribution in [0, 0.1) is 18.8 Å². The molecule has 3 aliphatic rings. The zero-order chi connectivity index (χ0) is 21.9. The number of imide groups is 1. The molecule has 3 heterocycles. The molecule has 2 aromatic rings. The molecule has 31 heavy (non-hydrogen) atoms. The minimum absolute atomic E-state index is 0.133. The van der Waals surface area contributed by atoms with Gasteiger partial charge in [0, 0.05) is 23.7 Å². The molecule has 1 spiro atoms. The lowest BCUT2D eigenvalue weighted by Crippen LogP contribution is -2.53. The SMILES string of the molecule is Cc1ccc(N2C(=O)[C@@H]3[C@H](CCC(=O)O)N[C@]4(C(=O)Nc5ccccc54)[C@@H]3C2=O)cc1. The van der Waals surface area contributed by atoms with Gasteiger partial charge >= 0.3 is 5.97 Å². The Morgan fingerprint density at radius 1 is 1.06 bits per heavy atom. The number of amides is 3. The first-order chi connectivity index (χ1) is 14.8. The van der Waals surface area contributed by atoms with Gasteiger partial charge in [0.05, 0.1) is 17.5 Å². The number of carbonyl (C=O) groups is 4. The molecule has 8 heteroatoms. The first kappa shape index (κ1) is 19.4. The monoisotopic (exact) mass is 419 g/mol. The van der Waals surface area contributed by atoms with Gasteiger partial charge in [0.25, 0.3) is 0 Å². The van der Waals surface area contributed by atoms with E-state index >= 15 is 0 Å². The topological polar surface area (TPSA) is 116 Å². The molecule has 2 saturated heterocycles. The third-order valence-electron chi connectivity index (χ3n) is 6.58. The summed E-state index contributed by atoms with van der Waals surface area (Å²) in [6.07, 6.45) is -0.0410. The Morgan fingerprint density at radius 2 is 1.77 bits per heavy atom. The Bertz CT molecular complexity index is 1130. The van der Waals surface area contributed by atoms with Crippen LogP contribution < -0.4 is 15.5 Å². The number of fused-ring (bicyclic) bond motifs is 4. The largest absolute Gasteiger partial charge is 0.481 e. The molecule has 0 aromatic heterocycles. The summed E-state index contributed by atoms with van der Waals surface area (Å²) in [5.41, 5.74) is 1.24. The Kier molecular flexibility index (Phi) is 4.23. The number of rotatable bonds is 4. The molecule has 3 N–H and O–H groups in total. The van der Waals surface area contributed by atoms with Gasteiger partial charge in [-0.25, -0.2) is 4.90 Å². The van der Waals surface area contributed by atoms with E-state index in [1.165, 1.54) is 0 Å². The quantitative estimate of drug-likeness (QED) is 0.651. The highest BCUT2D eigenvalue weighted by Crippen LogP contribution is 2.53. The summed E-state index contributed by atoms with van der Waals surface area (Å²) in [5.74, 6) is -4.03. The molecule has 3 aliphatic heterocycles. The number of nitrogens with zero attached hydrogens (tertiary/aromatic N) is 1. The van der Waals surface area contributed by atoms with Gasteiger partial charge in [-0.2, -0.15) is 0 Å². The van der Waals surface area contributed by atoms with Crippen molar-refractivity contribution in [3.8, 4) is 0 Å². The Hall–Kier alpha value is -3.52. The molecule has 0 unspecified atom stereocenters. The first-order valence-corrected chi connectivity index (χ1v) is 10.2. The minimum Gasteiger partial charge on any atom is -0.481 e. The van der Waals surface area contributed by atoms with Crippen LogP contribution >= 0.6 is 0 Å². The van der Waals surface area contributed by atoms with E-state index in [1.54, 1.807) is 36.4 Å². The van der Waals surface area contributed by atoms with Gasteiger partial charge in [0.15, 0.2) is 0 Å². The van der Waals surface area contributed by atoms with Crippen LogP contribution in [0.25, 0.3) is 0 Å². The predicted octanol–water partition coefficient (Wildman–Crippen LogP) is 1.78. The van der Waals surface area contributed by atoms with Crippen LogP contribution in [0.3, 0.4) is 0 Å². The molecule has 0 saturated carbocycles. The van der Waals surface area contributed by atoms with Crippen molar-refractivity contribution in [1.29, 1.82) is 0 Å². The lowest BCUT2D eigenvalue weighted by atomic mass is 9.76. The predicted molar refractivity (Wildman–Crippen MR) is 111 cm³/mol. The van der Waals surface area contributed by atoms with Crippen LogP contribution in [0.5, 0.6) is 0 Å². The summed E-state index contributed by atoms with van der Waals surface area (Å²) in [6.45, 7) is 1.91. The smallest absolute Gasteiger partial charge is 0.303 e. The zero-order valence-corrected chi connectivity index (χ0v) is 16.8. The lowest BCUT2D eigenvalue weighted by molar-refractivity contribution is -0.137. The first-order valence-electron chi connectivity index (χ1n) is 10.2. The number of carbonyl (C=O) groups excluding carboxylic acids is 3. The van der Waals surface area contributed by atoms with Crippen molar-refractivity contribution in [1.82, 2.24) is 5.32 Å². The summed E-state index contributed by atoms with van der Waals surface area (Å²) < 4.78 is 0. The summed E-state index contributed by atoms with van der Waals surface area (Å²) in [4.78, 5) is 52.8. The number of nitrogens with one attached hydrogen (secondary N) is 2. The molecule has 158 valence electrons. The maximum absolute atomic E-state index is 13.7. The molecule has 0 aliphatic carbocycles. The highest BCUT2D eigenvalue weighted by molar-refractivity contribution is 6.25. The maximum atomic E-state index is 13.7. The van der Waals surface area contributed by atoms with Gasteiger partial charge in [0.2, 0.25) is 17.7 Å². The molecule has 2 aromatic carbocycles. The van der Waals surface area contributed by atoms with E-state index in [1.807, 2.05) is 19.1 Å². The number of para-hydroxylation sites is 1. The Labute approximate surface area is 178 Å². The highest BCUT2D eigenvalue weighted by atomic mass is 16.4. The molecule has 0 radical (unpaired) electrons. The second-order valence-corrected chi connectivity index (χ2v) is 8.34. The van der Waals surface area contributed by atoms with Crippen LogP contribution in [0.15, 0.2) is 48.5 Å². The third-order valence-corrected chi connectivity index (χ3v) is 6.58. The number of aryl methyl sites for hydroxylation is 1. The lowest BCUT2D eigenvalue weighted by Gasteiger charge is -2.29. The average Bonchev–Trinajstić information content (AvgIpc) is 3.32. The number of carboxylic acid groups (broad SMARTS) is 1. The summed E-state index contributed by atoms with van der Waals surface area (Å²) >= 11 is 0. The van der Waals surface area contributed by atoms with Gasteiger partial charge in [-0.15, -0.1) is 0 Å². The van der Waals surface area contributed by atoms with Crippen molar-refractivity contribution in [3.63, 3.8) is 0 Å². The van der Waals surface area contributed by atoms with Gasteiger partial charge in [-0.3, -0.25) is 24.5 Å². The van der Waals surface area contributed by atoms with Crippen molar-refractivity contribution in [2.75, 3.05) is 10.2 Å². The van der Waals surface area contributed by atoms with Gasteiger partial charge in [-0.1, -0.05) is 35.9 Å². The molecular weight excluding hydrogens is 398 g/mol. The highest BCUT2D eigenvalue weighted by Gasteiger charge is 2.70. The molecule has 3 amide bonds. The average molecular weight is 419 g/mol. The normalized spacial score (nSPS) is 28.7. The van der Waals surface area contributed by atoms with Crippen LogP contribution in [0.1, 0.15) is 24.0 Å². The van der Waals surface area contributed by atoms with E-state index in [4.69, 9.17) is 0 Å². The second kappa shape index (κ2) is 6.75. The number of aliphatic carboxylic acids is 1. The van der Waals surface area contributed by atoms with Crippen LogP contribution in [-0.2, 0) is 24.7 Å². The van der Waals surface area contributed by atoms with Crippen molar-refractivity contribution in [3.05, 3.63) is 59.7 Å². The van der Waals surface area contributed by atoms with E-state index in [-0.39, 0.29) is 12.8 Å². The molecule has 0 bridgehead atoms. The number of carboxylic acids is 1. The molecule has 2 fully saturated rings. The van der Waals surface area contributed by atoms with Gasteiger partial charge in [0.1, 0.15) is 5.54 Å². The molecule has 5 rings (SSSR count). The summed E-state index contributed by atoms with van der Waals surface area (Å²) in [5, 5.41) is 15.2. The zero-order valence-electron chi connectivity index (χ0n) is 16.8. The third kappa shape index (κ3) is 2.64. The van der Waals surface area contributed by atoms with Crippen LogP contribution in [-0.4, -0.2) is 34.8 Å². The summed E-state index contributed by atoms with van der Waals surface area (Å²) in [6, 6.07) is 13.5.